The molecule has 0 aliphatic heterocycles. The number of hydrogen-bond acceptors (Lipinski definition) is 3. The average molecular weight is 269 g/mol. The Hall–Kier alpha value is -2.62. The Labute approximate surface area is 117 Å². The molecule has 2 aromatic carbocycles. The maximum atomic E-state index is 12.2. The molecule has 2 aromatic rings. The van der Waals surface area contributed by atoms with Gasteiger partial charge in [-0.1, -0.05) is 30.3 Å². The highest BCUT2D eigenvalue weighted by molar-refractivity contribution is 6.02. The van der Waals surface area contributed by atoms with E-state index in [2.05, 4.69) is 0 Å². The summed E-state index contributed by atoms with van der Waals surface area (Å²) in [5, 5.41) is 0. The minimum atomic E-state index is -0.486. The average Bonchev–Trinajstić information content (AvgIpc) is 2.47. The van der Waals surface area contributed by atoms with Crippen LogP contribution in [-0.4, -0.2) is 18.9 Å². The van der Waals surface area contributed by atoms with E-state index in [0.717, 1.165) is 0 Å². The normalized spacial score (nSPS) is 9.90. The summed E-state index contributed by atoms with van der Waals surface area (Å²) in [6.07, 6.45) is 0. The number of amides is 1. The van der Waals surface area contributed by atoms with Gasteiger partial charge in [-0.05, 0) is 24.3 Å². The van der Waals surface area contributed by atoms with Crippen molar-refractivity contribution in [2.45, 2.75) is 6.92 Å². The number of rotatable bonds is 3. The Balaban J connectivity index is 2.28. The highest BCUT2D eigenvalue weighted by Crippen LogP contribution is 2.21. The van der Waals surface area contributed by atoms with Crippen LogP contribution in [0.4, 0.5) is 5.69 Å². The number of carbonyl (C=O) groups is 2. The van der Waals surface area contributed by atoms with E-state index in [4.69, 9.17) is 4.74 Å². The minimum Gasteiger partial charge on any atom is -0.423 e. The first kappa shape index (κ1) is 13.8. The maximum Gasteiger partial charge on any atom is 0.345 e. The Morgan fingerprint density at radius 2 is 1.55 bits per heavy atom. The van der Waals surface area contributed by atoms with Crippen LogP contribution in [-0.2, 0) is 4.79 Å². The predicted molar refractivity (Wildman–Crippen MR) is 76.9 cm³/mol. The van der Waals surface area contributed by atoms with Gasteiger partial charge in [-0.25, -0.2) is 4.79 Å². The van der Waals surface area contributed by atoms with Crippen LogP contribution in [0.3, 0.4) is 0 Å². The van der Waals surface area contributed by atoms with E-state index in [1.165, 1.54) is 11.8 Å². The van der Waals surface area contributed by atoms with Gasteiger partial charge in [-0.15, -0.1) is 0 Å². The number of benzene rings is 2. The largest absolute Gasteiger partial charge is 0.423 e. The molecule has 102 valence electrons. The van der Waals surface area contributed by atoms with Gasteiger partial charge in [-0.2, -0.15) is 0 Å². The van der Waals surface area contributed by atoms with Gasteiger partial charge in [0, 0.05) is 14.0 Å². The zero-order valence-corrected chi connectivity index (χ0v) is 11.4. The van der Waals surface area contributed by atoms with Gasteiger partial charge < -0.3 is 9.64 Å². The molecule has 4 heteroatoms. The SMILES string of the molecule is CC(=O)N(C)c1ccccc1C(=O)Oc1ccccc1. The van der Waals surface area contributed by atoms with Crippen molar-refractivity contribution in [2.75, 3.05) is 11.9 Å². The van der Waals surface area contributed by atoms with Crippen LogP contribution in [0.2, 0.25) is 0 Å². The molecule has 0 unspecified atom stereocenters. The standard InChI is InChI=1S/C16H15NO3/c1-12(18)17(2)15-11-7-6-10-14(15)16(19)20-13-8-4-3-5-9-13/h3-11H,1-2H3. The van der Waals surface area contributed by atoms with Crippen molar-refractivity contribution in [2.24, 2.45) is 0 Å². The zero-order valence-electron chi connectivity index (χ0n) is 11.4. The summed E-state index contributed by atoms with van der Waals surface area (Å²) in [6, 6.07) is 15.7. The summed E-state index contributed by atoms with van der Waals surface area (Å²) in [4.78, 5) is 25.1. The molecule has 0 N–H and O–H groups in total. The van der Waals surface area contributed by atoms with E-state index in [-0.39, 0.29) is 5.91 Å². The van der Waals surface area contributed by atoms with Crippen LogP contribution in [0.5, 0.6) is 5.75 Å². The van der Waals surface area contributed by atoms with Gasteiger partial charge >= 0.3 is 5.97 Å². The van der Waals surface area contributed by atoms with E-state index >= 15 is 0 Å². The number of nitrogens with zero attached hydrogens (tertiary/aromatic N) is 1. The second-order valence-corrected chi connectivity index (χ2v) is 4.30. The summed E-state index contributed by atoms with van der Waals surface area (Å²) in [6.45, 7) is 1.44. The summed E-state index contributed by atoms with van der Waals surface area (Å²) >= 11 is 0. The minimum absolute atomic E-state index is 0.148. The van der Waals surface area contributed by atoms with E-state index in [1.807, 2.05) is 6.07 Å². The van der Waals surface area contributed by atoms with Crippen LogP contribution in [0, 0.1) is 0 Å². The Morgan fingerprint density at radius 3 is 2.20 bits per heavy atom. The second kappa shape index (κ2) is 6.02. The van der Waals surface area contributed by atoms with Crippen molar-refractivity contribution in [1.82, 2.24) is 0 Å². The summed E-state index contributed by atoms with van der Waals surface area (Å²) in [5.41, 5.74) is 0.884. The molecule has 0 heterocycles. The molecule has 0 aliphatic carbocycles. The number of ether oxygens (including phenoxy) is 1. The van der Waals surface area contributed by atoms with Gasteiger partial charge in [0.1, 0.15) is 5.75 Å². The van der Waals surface area contributed by atoms with Gasteiger partial charge in [0.15, 0.2) is 0 Å². The number of carbonyl (C=O) groups excluding carboxylic acids is 2. The van der Waals surface area contributed by atoms with Crippen LogP contribution in [0.15, 0.2) is 54.6 Å². The van der Waals surface area contributed by atoms with Crippen molar-refractivity contribution in [3.05, 3.63) is 60.2 Å². The van der Waals surface area contributed by atoms with Crippen LogP contribution in [0.25, 0.3) is 0 Å². The molecule has 0 fully saturated rings. The lowest BCUT2D eigenvalue weighted by molar-refractivity contribution is -0.116. The van der Waals surface area contributed by atoms with Crippen molar-refractivity contribution in [3.63, 3.8) is 0 Å². The lowest BCUT2D eigenvalue weighted by Gasteiger charge is -2.18. The van der Waals surface area contributed by atoms with Gasteiger partial charge in [-0.3, -0.25) is 4.79 Å². The molecule has 0 radical (unpaired) electrons. The van der Waals surface area contributed by atoms with E-state index in [9.17, 15) is 9.59 Å². The molecule has 4 nitrogen and oxygen atoms in total. The van der Waals surface area contributed by atoms with Crippen molar-refractivity contribution >= 4 is 17.6 Å². The molecule has 0 bridgehead atoms. The fraction of sp³-hybridized carbons (Fsp3) is 0.125. The quantitative estimate of drug-likeness (QED) is 0.636. The monoisotopic (exact) mass is 269 g/mol. The Bertz CT molecular complexity index is 623. The zero-order chi connectivity index (χ0) is 14.5. The van der Waals surface area contributed by atoms with E-state index in [1.54, 1.807) is 55.6 Å². The smallest absolute Gasteiger partial charge is 0.345 e. The van der Waals surface area contributed by atoms with Gasteiger partial charge in [0.25, 0.3) is 0 Å². The molecular weight excluding hydrogens is 254 g/mol. The number of hydrogen-bond donors (Lipinski definition) is 0. The maximum absolute atomic E-state index is 12.2. The summed E-state index contributed by atoms with van der Waals surface area (Å²) in [7, 11) is 1.62. The fourth-order valence-corrected chi connectivity index (χ4v) is 1.76. The molecule has 0 spiro atoms. The lowest BCUT2D eigenvalue weighted by atomic mass is 10.1. The molecule has 2 rings (SSSR count). The summed E-state index contributed by atoms with van der Waals surface area (Å²) in [5.74, 6) is -0.164. The second-order valence-electron chi connectivity index (χ2n) is 4.30. The first-order valence-corrected chi connectivity index (χ1v) is 6.20. The molecule has 0 saturated heterocycles. The Kier molecular flexibility index (Phi) is 4.15. The predicted octanol–water partition coefficient (Wildman–Crippen LogP) is 2.89. The lowest BCUT2D eigenvalue weighted by Crippen LogP contribution is -2.25. The van der Waals surface area contributed by atoms with Crippen molar-refractivity contribution in [3.8, 4) is 5.75 Å². The molecule has 0 atom stereocenters. The summed E-state index contributed by atoms with van der Waals surface area (Å²) < 4.78 is 5.29. The van der Waals surface area contributed by atoms with E-state index < -0.39 is 5.97 Å². The third-order valence-electron chi connectivity index (χ3n) is 2.91. The van der Waals surface area contributed by atoms with E-state index in [0.29, 0.717) is 17.0 Å². The fourth-order valence-electron chi connectivity index (χ4n) is 1.76. The molecule has 1 amide bonds. The highest BCUT2D eigenvalue weighted by Gasteiger charge is 2.17. The van der Waals surface area contributed by atoms with Gasteiger partial charge in [0.2, 0.25) is 5.91 Å². The van der Waals surface area contributed by atoms with Crippen LogP contribution in [0.1, 0.15) is 17.3 Å². The molecule has 0 aromatic heterocycles. The topological polar surface area (TPSA) is 46.6 Å². The van der Waals surface area contributed by atoms with Gasteiger partial charge in [0.05, 0.1) is 11.3 Å². The first-order chi connectivity index (χ1) is 9.59. The third kappa shape index (κ3) is 3.03. The third-order valence-corrected chi connectivity index (χ3v) is 2.91. The van der Waals surface area contributed by atoms with Crippen LogP contribution >= 0.6 is 0 Å². The van der Waals surface area contributed by atoms with Crippen molar-refractivity contribution in [1.29, 1.82) is 0 Å². The Morgan fingerprint density at radius 1 is 0.950 bits per heavy atom. The number of para-hydroxylation sites is 2. The number of esters is 1. The van der Waals surface area contributed by atoms with Crippen molar-refractivity contribution < 1.29 is 14.3 Å². The first-order valence-electron chi connectivity index (χ1n) is 6.20. The van der Waals surface area contributed by atoms with Crippen LogP contribution < -0.4 is 9.64 Å². The molecular formula is C16H15NO3. The highest BCUT2D eigenvalue weighted by atomic mass is 16.5. The molecule has 0 aliphatic rings. The molecule has 0 saturated carbocycles. The number of anilines is 1. The molecule has 20 heavy (non-hydrogen) atoms.